The Kier molecular flexibility index (Phi) is 4.50. The fourth-order valence-electron chi connectivity index (χ4n) is 3.01. The Morgan fingerprint density at radius 3 is 2.70 bits per heavy atom. The van der Waals surface area contributed by atoms with Crippen LogP contribution in [0.1, 0.15) is 41.7 Å². The third kappa shape index (κ3) is 3.31. The van der Waals surface area contributed by atoms with Gasteiger partial charge in [-0.25, -0.2) is 9.97 Å². The standard InChI is InChI=1S/C17H20N4O2/c1-2-20-8-6-14(11-16(20)22)17(23)21-9-4-13(5-10-21)15-3-7-18-12-19-15/h3,6-8,11-13H,2,4-5,9-10H2,1H3. The molecule has 0 unspecified atom stereocenters. The van der Waals surface area contributed by atoms with Crippen molar-refractivity contribution in [2.24, 2.45) is 0 Å². The minimum atomic E-state index is -0.130. The van der Waals surface area contributed by atoms with E-state index in [1.54, 1.807) is 29.4 Å². The highest BCUT2D eigenvalue weighted by Gasteiger charge is 2.25. The van der Waals surface area contributed by atoms with Crippen LogP contribution in [0, 0.1) is 0 Å². The molecule has 3 heterocycles. The predicted octanol–water partition coefficient (Wildman–Crippen LogP) is 1.68. The molecular weight excluding hydrogens is 292 g/mol. The van der Waals surface area contributed by atoms with Gasteiger partial charge in [0.1, 0.15) is 6.33 Å². The summed E-state index contributed by atoms with van der Waals surface area (Å²) in [6.07, 6.45) is 6.77. The molecule has 3 rings (SSSR count). The zero-order valence-electron chi connectivity index (χ0n) is 13.2. The van der Waals surface area contributed by atoms with Gasteiger partial charge in [-0.15, -0.1) is 0 Å². The summed E-state index contributed by atoms with van der Waals surface area (Å²) in [6, 6.07) is 5.10. The van der Waals surface area contributed by atoms with E-state index in [-0.39, 0.29) is 11.5 Å². The van der Waals surface area contributed by atoms with E-state index in [0.29, 0.717) is 31.1 Å². The predicted molar refractivity (Wildman–Crippen MR) is 86.3 cm³/mol. The van der Waals surface area contributed by atoms with Crippen LogP contribution in [0.2, 0.25) is 0 Å². The van der Waals surface area contributed by atoms with E-state index in [1.807, 2.05) is 17.9 Å². The number of likely N-dealkylation sites (tertiary alicyclic amines) is 1. The van der Waals surface area contributed by atoms with E-state index in [9.17, 15) is 9.59 Å². The van der Waals surface area contributed by atoms with Gasteiger partial charge in [0.25, 0.3) is 11.5 Å². The van der Waals surface area contributed by atoms with Crippen molar-refractivity contribution in [3.8, 4) is 0 Å². The quantitative estimate of drug-likeness (QED) is 0.865. The Balaban J connectivity index is 1.66. The number of nitrogens with zero attached hydrogens (tertiary/aromatic N) is 4. The van der Waals surface area contributed by atoms with E-state index in [2.05, 4.69) is 9.97 Å². The number of aryl methyl sites for hydroxylation is 1. The van der Waals surface area contributed by atoms with Crippen molar-refractivity contribution in [2.45, 2.75) is 32.2 Å². The normalized spacial score (nSPS) is 15.6. The molecule has 0 spiro atoms. The van der Waals surface area contributed by atoms with Crippen molar-refractivity contribution in [3.05, 3.63) is 58.5 Å². The van der Waals surface area contributed by atoms with Gasteiger partial charge < -0.3 is 9.47 Å². The van der Waals surface area contributed by atoms with Crippen LogP contribution in [-0.2, 0) is 6.54 Å². The van der Waals surface area contributed by atoms with E-state index in [0.717, 1.165) is 18.5 Å². The Morgan fingerprint density at radius 2 is 2.09 bits per heavy atom. The molecule has 0 aliphatic carbocycles. The molecule has 1 aliphatic rings. The maximum Gasteiger partial charge on any atom is 0.254 e. The first-order valence-electron chi connectivity index (χ1n) is 7.94. The van der Waals surface area contributed by atoms with Crippen LogP contribution in [0.5, 0.6) is 0 Å². The lowest BCUT2D eigenvalue weighted by Crippen LogP contribution is -2.38. The van der Waals surface area contributed by atoms with Gasteiger partial charge in [-0.1, -0.05) is 0 Å². The summed E-state index contributed by atoms with van der Waals surface area (Å²) in [6.45, 7) is 3.88. The number of piperidine rings is 1. The fraction of sp³-hybridized carbons (Fsp3) is 0.412. The lowest BCUT2D eigenvalue weighted by Gasteiger charge is -2.31. The number of aromatic nitrogens is 3. The molecule has 0 radical (unpaired) electrons. The van der Waals surface area contributed by atoms with E-state index in [1.165, 1.54) is 6.07 Å². The molecule has 0 saturated carbocycles. The smallest absolute Gasteiger partial charge is 0.254 e. The molecule has 1 saturated heterocycles. The molecule has 1 aliphatic heterocycles. The maximum atomic E-state index is 12.5. The Hall–Kier alpha value is -2.50. The van der Waals surface area contributed by atoms with Gasteiger partial charge in [-0.05, 0) is 31.9 Å². The molecule has 0 bridgehead atoms. The zero-order valence-corrected chi connectivity index (χ0v) is 13.2. The highest BCUT2D eigenvalue weighted by Crippen LogP contribution is 2.26. The van der Waals surface area contributed by atoms with Crippen molar-refractivity contribution in [2.75, 3.05) is 13.1 Å². The van der Waals surface area contributed by atoms with Crippen LogP contribution in [0.25, 0.3) is 0 Å². The SMILES string of the molecule is CCn1ccc(C(=O)N2CCC(c3ccncn3)CC2)cc1=O. The van der Waals surface area contributed by atoms with Crippen LogP contribution < -0.4 is 5.56 Å². The van der Waals surface area contributed by atoms with Gasteiger partial charge in [-0.3, -0.25) is 9.59 Å². The number of carbonyl (C=O) groups is 1. The molecule has 0 N–H and O–H groups in total. The highest BCUT2D eigenvalue weighted by molar-refractivity contribution is 5.94. The first-order chi connectivity index (χ1) is 11.2. The first kappa shape index (κ1) is 15.4. The summed E-state index contributed by atoms with van der Waals surface area (Å²) in [5.74, 6) is 0.307. The van der Waals surface area contributed by atoms with Crippen molar-refractivity contribution in [3.63, 3.8) is 0 Å². The fourth-order valence-corrected chi connectivity index (χ4v) is 3.01. The van der Waals surface area contributed by atoms with Gasteiger partial charge in [0.05, 0.1) is 0 Å². The minimum absolute atomic E-state index is 0.0634. The molecule has 120 valence electrons. The van der Waals surface area contributed by atoms with E-state index in [4.69, 9.17) is 0 Å². The second-order valence-electron chi connectivity index (χ2n) is 5.74. The lowest BCUT2D eigenvalue weighted by molar-refractivity contribution is 0.0711. The van der Waals surface area contributed by atoms with Crippen molar-refractivity contribution in [1.82, 2.24) is 19.4 Å². The number of pyridine rings is 1. The van der Waals surface area contributed by atoms with Gasteiger partial charge in [0.2, 0.25) is 0 Å². The second kappa shape index (κ2) is 6.73. The second-order valence-corrected chi connectivity index (χ2v) is 5.74. The van der Waals surface area contributed by atoms with Crippen LogP contribution in [0.3, 0.4) is 0 Å². The van der Waals surface area contributed by atoms with Gasteiger partial charge in [0, 0.05) is 55.3 Å². The van der Waals surface area contributed by atoms with Gasteiger partial charge >= 0.3 is 0 Å². The summed E-state index contributed by atoms with van der Waals surface area (Å²) < 4.78 is 1.58. The summed E-state index contributed by atoms with van der Waals surface area (Å²) in [5, 5.41) is 0. The van der Waals surface area contributed by atoms with Crippen LogP contribution in [0.15, 0.2) is 41.7 Å². The number of hydrogen-bond acceptors (Lipinski definition) is 4. The average Bonchev–Trinajstić information content (AvgIpc) is 2.62. The van der Waals surface area contributed by atoms with Gasteiger partial charge in [-0.2, -0.15) is 0 Å². The van der Waals surface area contributed by atoms with E-state index < -0.39 is 0 Å². The molecule has 2 aromatic heterocycles. The number of hydrogen-bond donors (Lipinski definition) is 0. The Morgan fingerprint density at radius 1 is 1.30 bits per heavy atom. The summed E-state index contributed by atoms with van der Waals surface area (Å²) in [4.78, 5) is 34.5. The molecule has 2 aromatic rings. The molecule has 0 aromatic carbocycles. The van der Waals surface area contributed by atoms with Gasteiger partial charge in [0.15, 0.2) is 0 Å². The lowest BCUT2D eigenvalue weighted by atomic mass is 9.93. The Labute approximate surface area is 134 Å². The number of rotatable bonds is 3. The average molecular weight is 312 g/mol. The van der Waals surface area contributed by atoms with Crippen molar-refractivity contribution < 1.29 is 4.79 Å². The molecule has 23 heavy (non-hydrogen) atoms. The molecule has 0 atom stereocenters. The minimum Gasteiger partial charge on any atom is -0.339 e. The van der Waals surface area contributed by atoms with Crippen LogP contribution >= 0.6 is 0 Å². The summed E-state index contributed by atoms with van der Waals surface area (Å²) in [5.41, 5.74) is 1.38. The van der Waals surface area contributed by atoms with Crippen LogP contribution in [-0.4, -0.2) is 38.4 Å². The van der Waals surface area contributed by atoms with Crippen molar-refractivity contribution >= 4 is 5.91 Å². The summed E-state index contributed by atoms with van der Waals surface area (Å²) >= 11 is 0. The third-order valence-electron chi connectivity index (χ3n) is 4.39. The van der Waals surface area contributed by atoms with E-state index >= 15 is 0 Å². The number of amides is 1. The molecule has 1 amide bonds. The number of carbonyl (C=O) groups excluding carboxylic acids is 1. The molecular formula is C17H20N4O2. The van der Waals surface area contributed by atoms with Crippen molar-refractivity contribution in [1.29, 1.82) is 0 Å². The molecule has 1 fully saturated rings. The monoisotopic (exact) mass is 312 g/mol. The maximum absolute atomic E-state index is 12.5. The molecule has 6 heteroatoms. The first-order valence-corrected chi connectivity index (χ1v) is 7.94. The summed E-state index contributed by atoms with van der Waals surface area (Å²) in [7, 11) is 0. The zero-order chi connectivity index (χ0) is 16.2. The highest BCUT2D eigenvalue weighted by atomic mass is 16.2. The van der Waals surface area contributed by atoms with Crippen LogP contribution in [0.4, 0.5) is 0 Å². The molecule has 6 nitrogen and oxygen atoms in total. The third-order valence-corrected chi connectivity index (χ3v) is 4.39. The topological polar surface area (TPSA) is 68.1 Å². The Bertz CT molecular complexity index is 734. The largest absolute Gasteiger partial charge is 0.339 e.